The van der Waals surface area contributed by atoms with Gasteiger partial charge in [-0.2, -0.15) is 5.10 Å². The number of hydrazone groups is 1. The molecule has 0 aliphatic rings. The zero-order valence-electron chi connectivity index (χ0n) is 12.8. The Morgan fingerprint density at radius 3 is 2.65 bits per heavy atom. The molecule has 0 fully saturated rings. The molecule has 1 aromatic rings. The summed E-state index contributed by atoms with van der Waals surface area (Å²) in [5.74, 6) is -0.754. The number of amides is 2. The van der Waals surface area contributed by atoms with E-state index in [1.54, 1.807) is 6.92 Å². The molecule has 1 aromatic carbocycles. The Bertz CT molecular complexity index is 646. The van der Waals surface area contributed by atoms with E-state index in [0.29, 0.717) is 12.3 Å². The Kier molecular flexibility index (Phi) is 7.14. The summed E-state index contributed by atoms with van der Waals surface area (Å²) in [6.45, 7) is 4.13. The highest BCUT2D eigenvalue weighted by molar-refractivity contribution is 6.33. The van der Waals surface area contributed by atoms with Gasteiger partial charge >= 0.3 is 0 Å². The number of nitrogens with one attached hydrogen (secondary N) is 2. The van der Waals surface area contributed by atoms with E-state index >= 15 is 0 Å². The molecular weight excluding hydrogens is 324 g/mol. The molecule has 2 amide bonds. The van der Waals surface area contributed by atoms with Crippen molar-refractivity contribution in [1.82, 2.24) is 10.7 Å². The summed E-state index contributed by atoms with van der Waals surface area (Å²) in [7, 11) is 0. The second-order valence-corrected chi connectivity index (χ2v) is 5.15. The summed E-state index contributed by atoms with van der Waals surface area (Å²) in [6.07, 6.45) is 0.904. The van der Waals surface area contributed by atoms with Crippen molar-refractivity contribution in [2.24, 2.45) is 5.10 Å². The minimum absolute atomic E-state index is 0.0707. The first-order valence-electron chi connectivity index (χ1n) is 6.89. The number of carbonyl (C=O) groups excluding carboxylic acids is 2. The number of halogens is 1. The minimum Gasteiger partial charge on any atom is -0.356 e. The van der Waals surface area contributed by atoms with E-state index < -0.39 is 10.8 Å². The molecule has 0 spiro atoms. The number of rotatable bonds is 7. The van der Waals surface area contributed by atoms with Crippen LogP contribution < -0.4 is 10.7 Å². The molecule has 0 saturated carbocycles. The predicted molar refractivity (Wildman–Crippen MR) is 86.6 cm³/mol. The summed E-state index contributed by atoms with van der Waals surface area (Å²) in [5.41, 5.74) is 2.56. The van der Waals surface area contributed by atoms with Gasteiger partial charge in [-0.25, -0.2) is 5.43 Å². The van der Waals surface area contributed by atoms with Crippen LogP contribution in [0.4, 0.5) is 5.69 Å². The first-order chi connectivity index (χ1) is 10.8. The van der Waals surface area contributed by atoms with Crippen molar-refractivity contribution in [1.29, 1.82) is 0 Å². The summed E-state index contributed by atoms with van der Waals surface area (Å²) in [6, 6.07) is 3.61. The zero-order valence-corrected chi connectivity index (χ0v) is 13.5. The SMILES string of the molecule is CCCNC(=O)C/C(C)=N/NC(=O)c1ccc([N+](=O)[O-])c(Cl)c1. The topological polar surface area (TPSA) is 114 Å². The van der Waals surface area contributed by atoms with Crippen molar-refractivity contribution in [2.45, 2.75) is 26.7 Å². The van der Waals surface area contributed by atoms with Crippen LogP contribution in [0.2, 0.25) is 5.02 Å². The Morgan fingerprint density at radius 2 is 2.09 bits per heavy atom. The van der Waals surface area contributed by atoms with Crippen molar-refractivity contribution in [3.8, 4) is 0 Å². The summed E-state index contributed by atoms with van der Waals surface area (Å²) in [5, 5.41) is 17.0. The first-order valence-corrected chi connectivity index (χ1v) is 7.27. The first kappa shape index (κ1) is 18.6. The summed E-state index contributed by atoms with van der Waals surface area (Å²) >= 11 is 5.74. The van der Waals surface area contributed by atoms with Gasteiger partial charge in [-0.05, 0) is 25.5 Å². The fraction of sp³-hybridized carbons (Fsp3) is 0.357. The highest BCUT2D eigenvalue weighted by Crippen LogP contribution is 2.24. The Morgan fingerprint density at radius 1 is 1.39 bits per heavy atom. The molecule has 9 heteroatoms. The zero-order chi connectivity index (χ0) is 17.4. The maximum Gasteiger partial charge on any atom is 0.287 e. The monoisotopic (exact) mass is 340 g/mol. The van der Waals surface area contributed by atoms with Crippen LogP contribution >= 0.6 is 11.6 Å². The smallest absolute Gasteiger partial charge is 0.287 e. The molecular formula is C14H17ClN4O4. The number of nitro benzene ring substituents is 1. The van der Waals surface area contributed by atoms with Crippen LogP contribution in [0.15, 0.2) is 23.3 Å². The van der Waals surface area contributed by atoms with E-state index in [0.717, 1.165) is 12.5 Å². The second-order valence-electron chi connectivity index (χ2n) is 4.74. The average Bonchev–Trinajstić information content (AvgIpc) is 2.50. The molecule has 0 radical (unpaired) electrons. The Hall–Kier alpha value is -2.48. The Labute approximate surface area is 138 Å². The summed E-state index contributed by atoms with van der Waals surface area (Å²) in [4.78, 5) is 33.4. The maximum atomic E-state index is 11.9. The van der Waals surface area contributed by atoms with Crippen molar-refractivity contribution in [2.75, 3.05) is 6.54 Å². The van der Waals surface area contributed by atoms with Crippen molar-refractivity contribution < 1.29 is 14.5 Å². The largest absolute Gasteiger partial charge is 0.356 e. The second kappa shape index (κ2) is 8.84. The van der Waals surface area contributed by atoms with Gasteiger partial charge in [0, 0.05) is 23.9 Å². The van der Waals surface area contributed by atoms with Crippen LogP contribution in [0, 0.1) is 10.1 Å². The van der Waals surface area contributed by atoms with E-state index in [9.17, 15) is 19.7 Å². The van der Waals surface area contributed by atoms with Crippen LogP contribution in [0.5, 0.6) is 0 Å². The fourth-order valence-electron chi connectivity index (χ4n) is 1.61. The van der Waals surface area contributed by atoms with Crippen LogP contribution in [0.1, 0.15) is 37.0 Å². The van der Waals surface area contributed by atoms with Gasteiger partial charge in [0.2, 0.25) is 5.91 Å². The lowest BCUT2D eigenvalue weighted by molar-refractivity contribution is -0.384. The molecule has 0 heterocycles. The van der Waals surface area contributed by atoms with Crippen LogP contribution in [0.3, 0.4) is 0 Å². The van der Waals surface area contributed by atoms with E-state index in [4.69, 9.17) is 11.6 Å². The quantitative estimate of drug-likeness (QED) is 0.450. The lowest BCUT2D eigenvalue weighted by Crippen LogP contribution is -2.27. The van der Waals surface area contributed by atoms with Gasteiger partial charge in [0.1, 0.15) is 5.02 Å². The molecule has 2 N–H and O–H groups in total. The number of carbonyl (C=O) groups is 2. The third kappa shape index (κ3) is 6.03. The van der Waals surface area contributed by atoms with Crippen LogP contribution in [-0.4, -0.2) is 29.0 Å². The number of hydrogen-bond donors (Lipinski definition) is 2. The molecule has 0 unspecified atom stereocenters. The molecule has 23 heavy (non-hydrogen) atoms. The molecule has 0 aliphatic carbocycles. The van der Waals surface area contributed by atoms with E-state index in [-0.39, 0.29) is 28.6 Å². The van der Waals surface area contributed by atoms with Gasteiger partial charge in [0.05, 0.1) is 11.3 Å². The van der Waals surface area contributed by atoms with E-state index in [1.807, 2.05) is 6.92 Å². The highest BCUT2D eigenvalue weighted by atomic mass is 35.5. The standard InChI is InChI=1S/C14H17ClN4O4/c1-3-6-16-13(20)7-9(2)17-18-14(21)10-4-5-12(19(22)23)11(15)8-10/h4-5,8H,3,6-7H2,1-2H3,(H,16,20)(H,18,21)/b17-9+. The van der Waals surface area contributed by atoms with Gasteiger partial charge in [0.25, 0.3) is 11.6 Å². The molecule has 8 nitrogen and oxygen atoms in total. The molecule has 1 rings (SSSR count). The Balaban J connectivity index is 2.65. The van der Waals surface area contributed by atoms with E-state index in [2.05, 4.69) is 15.8 Å². The maximum absolute atomic E-state index is 11.9. The van der Waals surface area contributed by atoms with Gasteiger partial charge in [-0.15, -0.1) is 0 Å². The van der Waals surface area contributed by atoms with Gasteiger partial charge in [-0.3, -0.25) is 19.7 Å². The summed E-state index contributed by atoms with van der Waals surface area (Å²) < 4.78 is 0. The number of nitrogens with zero attached hydrogens (tertiary/aromatic N) is 2. The van der Waals surface area contributed by atoms with Crippen molar-refractivity contribution in [3.63, 3.8) is 0 Å². The normalized spacial score (nSPS) is 11.0. The molecule has 0 aliphatic heterocycles. The molecule has 124 valence electrons. The number of hydrogen-bond acceptors (Lipinski definition) is 5. The van der Waals surface area contributed by atoms with Gasteiger partial charge in [0.15, 0.2) is 0 Å². The van der Waals surface area contributed by atoms with Crippen molar-refractivity contribution in [3.05, 3.63) is 38.9 Å². The predicted octanol–water partition coefficient (Wildman–Crippen LogP) is 2.27. The highest BCUT2D eigenvalue weighted by Gasteiger charge is 2.15. The number of nitro groups is 1. The molecule has 0 saturated heterocycles. The lowest BCUT2D eigenvalue weighted by Gasteiger charge is -2.04. The lowest BCUT2D eigenvalue weighted by atomic mass is 10.2. The van der Waals surface area contributed by atoms with Gasteiger partial charge < -0.3 is 5.32 Å². The third-order valence-corrected chi connectivity index (χ3v) is 3.05. The van der Waals surface area contributed by atoms with Gasteiger partial charge in [-0.1, -0.05) is 18.5 Å². The average molecular weight is 341 g/mol. The van der Waals surface area contributed by atoms with Crippen molar-refractivity contribution >= 4 is 34.8 Å². The molecule has 0 atom stereocenters. The van der Waals surface area contributed by atoms with Crippen LogP contribution in [0.25, 0.3) is 0 Å². The van der Waals surface area contributed by atoms with E-state index in [1.165, 1.54) is 12.1 Å². The minimum atomic E-state index is -0.638. The third-order valence-electron chi connectivity index (χ3n) is 2.74. The fourth-order valence-corrected chi connectivity index (χ4v) is 1.86. The van der Waals surface area contributed by atoms with Crippen LogP contribution in [-0.2, 0) is 4.79 Å². The number of benzene rings is 1. The molecule has 0 aromatic heterocycles. The molecule has 0 bridgehead atoms.